The largest absolute Gasteiger partial charge is 0.278 e. The molecule has 0 radical (unpaired) electrons. The minimum atomic E-state index is 0.711. The van der Waals surface area contributed by atoms with Crippen molar-refractivity contribution in [2.24, 2.45) is 0 Å². The van der Waals surface area contributed by atoms with Gasteiger partial charge in [0.2, 0.25) is 5.95 Å². The number of benzene rings is 5. The zero-order chi connectivity index (χ0) is 22.2. The molecule has 34 heavy (non-hydrogen) atoms. The average molecular weight is 452 g/mol. The molecule has 4 heteroatoms. The Morgan fingerprint density at radius 3 is 2.32 bits per heavy atom. The Balaban J connectivity index is 1.55. The molecule has 3 heterocycles. The number of fused-ring (bicyclic) bond motifs is 7. The van der Waals surface area contributed by atoms with Gasteiger partial charge in [-0.2, -0.15) is 0 Å². The minimum absolute atomic E-state index is 0.711. The quantitative estimate of drug-likeness (QED) is 0.253. The summed E-state index contributed by atoms with van der Waals surface area (Å²) in [6, 6.07) is 36.5. The molecule has 8 rings (SSSR count). The van der Waals surface area contributed by atoms with Crippen LogP contribution in [0.4, 0.5) is 0 Å². The van der Waals surface area contributed by atoms with Crippen LogP contribution in [0.15, 0.2) is 113 Å². The van der Waals surface area contributed by atoms with Crippen molar-refractivity contribution in [2.45, 2.75) is 9.79 Å². The number of hydrogen-bond acceptors (Lipinski definition) is 3. The molecule has 0 N–H and O–H groups in total. The molecule has 0 amide bonds. The fraction of sp³-hybridized carbons (Fsp3) is 0. The van der Waals surface area contributed by atoms with Crippen molar-refractivity contribution in [3.05, 3.63) is 103 Å². The van der Waals surface area contributed by atoms with Crippen LogP contribution in [0.5, 0.6) is 0 Å². The van der Waals surface area contributed by atoms with Crippen LogP contribution in [0, 0.1) is 0 Å². The van der Waals surface area contributed by atoms with Crippen LogP contribution in [-0.2, 0) is 0 Å². The fourth-order valence-corrected chi connectivity index (χ4v) is 6.45. The first-order valence-corrected chi connectivity index (χ1v) is 12.2. The van der Waals surface area contributed by atoms with Gasteiger partial charge in [0.25, 0.3) is 0 Å². The van der Waals surface area contributed by atoms with E-state index in [-0.39, 0.29) is 0 Å². The maximum Gasteiger partial charge on any atom is 0.235 e. The highest BCUT2D eigenvalue weighted by molar-refractivity contribution is 7.99. The second kappa shape index (κ2) is 6.69. The van der Waals surface area contributed by atoms with Crippen LogP contribution >= 0.6 is 11.8 Å². The Kier molecular flexibility index (Phi) is 3.60. The number of hydrogen-bond donors (Lipinski definition) is 0. The molecule has 1 aliphatic rings. The molecular formula is C30H17N3S. The summed E-state index contributed by atoms with van der Waals surface area (Å²) in [5.74, 6) is 0.711. The third kappa shape index (κ3) is 2.38. The highest BCUT2D eigenvalue weighted by Gasteiger charge is 2.23. The summed E-state index contributed by atoms with van der Waals surface area (Å²) in [5.41, 5.74) is 5.41. The molecule has 0 saturated carbocycles. The van der Waals surface area contributed by atoms with E-state index in [1.165, 1.54) is 36.9 Å². The van der Waals surface area contributed by atoms with E-state index in [0.717, 1.165) is 27.6 Å². The van der Waals surface area contributed by atoms with Gasteiger partial charge >= 0.3 is 0 Å². The second-order valence-electron chi connectivity index (χ2n) is 8.65. The molecule has 5 aromatic carbocycles. The van der Waals surface area contributed by atoms with Gasteiger partial charge in [-0.3, -0.25) is 4.57 Å². The first kappa shape index (κ1) is 18.3. The van der Waals surface area contributed by atoms with Crippen LogP contribution in [0.25, 0.3) is 60.7 Å². The van der Waals surface area contributed by atoms with E-state index in [9.17, 15) is 0 Å². The number of rotatable bonds is 1. The molecule has 0 spiro atoms. The summed E-state index contributed by atoms with van der Waals surface area (Å²) in [5, 5.41) is 6.09. The number of nitrogens with zero attached hydrogens (tertiary/aromatic N) is 3. The Labute approximate surface area is 199 Å². The van der Waals surface area contributed by atoms with Gasteiger partial charge in [-0.15, -0.1) is 0 Å². The lowest BCUT2D eigenvalue weighted by Gasteiger charge is -2.20. The summed E-state index contributed by atoms with van der Waals surface area (Å²) in [7, 11) is 0. The Bertz CT molecular complexity index is 1950. The first-order chi connectivity index (χ1) is 16.9. The summed E-state index contributed by atoms with van der Waals surface area (Å²) in [6.45, 7) is 0. The Hall–Kier alpha value is -4.15. The summed E-state index contributed by atoms with van der Waals surface area (Å²) in [6.07, 6.45) is 0. The Morgan fingerprint density at radius 1 is 0.559 bits per heavy atom. The van der Waals surface area contributed by atoms with Crippen LogP contribution in [0.2, 0.25) is 0 Å². The van der Waals surface area contributed by atoms with E-state index in [4.69, 9.17) is 9.97 Å². The van der Waals surface area contributed by atoms with E-state index < -0.39 is 0 Å². The number of para-hydroxylation sites is 1. The zero-order valence-electron chi connectivity index (χ0n) is 18.1. The van der Waals surface area contributed by atoms with Crippen molar-refractivity contribution in [1.29, 1.82) is 0 Å². The van der Waals surface area contributed by atoms with Crippen molar-refractivity contribution in [3.8, 4) is 17.2 Å². The highest BCUT2D eigenvalue weighted by atomic mass is 32.2. The van der Waals surface area contributed by atoms with Crippen LogP contribution in [0.3, 0.4) is 0 Å². The maximum atomic E-state index is 5.23. The van der Waals surface area contributed by atoms with Crippen molar-refractivity contribution in [3.63, 3.8) is 0 Å². The molecule has 3 nitrogen and oxygen atoms in total. The van der Waals surface area contributed by atoms with Gasteiger partial charge in [-0.1, -0.05) is 84.6 Å². The highest BCUT2D eigenvalue weighted by Crippen LogP contribution is 2.47. The third-order valence-electron chi connectivity index (χ3n) is 6.80. The van der Waals surface area contributed by atoms with E-state index in [0.29, 0.717) is 5.95 Å². The molecule has 0 fully saturated rings. The molecule has 1 aliphatic heterocycles. The first-order valence-electron chi connectivity index (χ1n) is 11.4. The van der Waals surface area contributed by atoms with Crippen LogP contribution in [-0.4, -0.2) is 14.5 Å². The van der Waals surface area contributed by atoms with Crippen molar-refractivity contribution < 1.29 is 0 Å². The molecule has 158 valence electrons. The van der Waals surface area contributed by atoms with Gasteiger partial charge in [0.1, 0.15) is 0 Å². The maximum absolute atomic E-state index is 5.23. The van der Waals surface area contributed by atoms with Crippen molar-refractivity contribution in [1.82, 2.24) is 14.5 Å². The molecule has 0 aliphatic carbocycles. The standard InChI is InChI=1S/C30H17N3S/c1-2-9-19-18(8-1)16-17-24-27(19)20-10-3-5-13-23(20)33(24)30-31-22-12-7-15-26-28(22)29(32-30)21-11-4-6-14-25(21)34-26/h1-17H. The predicted molar refractivity (Wildman–Crippen MR) is 141 cm³/mol. The fourth-order valence-electron chi connectivity index (χ4n) is 5.34. The monoisotopic (exact) mass is 451 g/mol. The van der Waals surface area contributed by atoms with Gasteiger partial charge in [-0.25, -0.2) is 9.97 Å². The van der Waals surface area contributed by atoms with Crippen molar-refractivity contribution in [2.75, 3.05) is 0 Å². The third-order valence-corrected chi connectivity index (χ3v) is 7.93. The van der Waals surface area contributed by atoms with E-state index in [1.54, 1.807) is 11.8 Å². The van der Waals surface area contributed by atoms with E-state index >= 15 is 0 Å². The second-order valence-corrected chi connectivity index (χ2v) is 9.74. The lowest BCUT2D eigenvalue weighted by molar-refractivity contribution is 1.01. The van der Waals surface area contributed by atoms with Gasteiger partial charge in [-0.05, 0) is 41.1 Å². The average Bonchev–Trinajstić information content (AvgIpc) is 3.24. The van der Waals surface area contributed by atoms with Crippen molar-refractivity contribution >= 4 is 55.2 Å². The molecule has 7 aromatic rings. The zero-order valence-corrected chi connectivity index (χ0v) is 18.9. The topological polar surface area (TPSA) is 30.7 Å². The van der Waals surface area contributed by atoms with Crippen LogP contribution < -0.4 is 0 Å². The van der Waals surface area contributed by atoms with E-state index in [1.807, 2.05) is 0 Å². The molecule has 0 bridgehead atoms. The summed E-state index contributed by atoms with van der Waals surface area (Å²) in [4.78, 5) is 12.8. The molecule has 2 aromatic heterocycles. The SMILES string of the molecule is c1ccc2c(c1)Sc1cccc3nc(-n4c5ccccc5c5c6ccccc6ccc54)nc-2c13. The molecule has 0 saturated heterocycles. The Morgan fingerprint density at radius 2 is 1.35 bits per heavy atom. The van der Waals surface area contributed by atoms with Gasteiger partial charge in [0.15, 0.2) is 0 Å². The summed E-state index contributed by atoms with van der Waals surface area (Å²) < 4.78 is 2.23. The van der Waals surface area contributed by atoms with Crippen LogP contribution in [0.1, 0.15) is 0 Å². The van der Waals surface area contributed by atoms with Gasteiger partial charge in [0.05, 0.1) is 22.2 Å². The smallest absolute Gasteiger partial charge is 0.235 e. The van der Waals surface area contributed by atoms with Gasteiger partial charge < -0.3 is 0 Å². The lowest BCUT2D eigenvalue weighted by atomic mass is 10.0. The minimum Gasteiger partial charge on any atom is -0.278 e. The predicted octanol–water partition coefficient (Wildman–Crippen LogP) is 8.01. The molecular weight excluding hydrogens is 434 g/mol. The van der Waals surface area contributed by atoms with E-state index in [2.05, 4.69) is 108 Å². The normalized spacial score (nSPS) is 12.6. The summed E-state index contributed by atoms with van der Waals surface area (Å²) >= 11 is 1.80. The molecule has 0 atom stereocenters. The molecule has 0 unspecified atom stereocenters. The van der Waals surface area contributed by atoms with Gasteiger partial charge in [0, 0.05) is 31.5 Å². The lowest BCUT2D eigenvalue weighted by Crippen LogP contribution is -2.05. The number of aromatic nitrogens is 3.